The number of hydrogen-bond donors (Lipinski definition) is 0. The topological polar surface area (TPSA) is 9.23 Å². The monoisotopic (exact) mass is 186 g/mol. The first kappa shape index (κ1) is 10.1. The van der Waals surface area contributed by atoms with E-state index in [1.807, 2.05) is 6.07 Å². The van der Waals surface area contributed by atoms with E-state index in [1.54, 1.807) is 24.3 Å². The molecule has 1 atom stereocenters. The Morgan fingerprint density at radius 2 is 1.92 bits per heavy atom. The van der Waals surface area contributed by atoms with Gasteiger partial charge in [-0.15, -0.1) is 0 Å². The molecule has 0 saturated heterocycles. The molecular weight excluding hydrogens is 174 g/mol. The molecule has 3 heteroatoms. The molecule has 0 aliphatic carbocycles. The molecule has 0 aliphatic rings. The van der Waals surface area contributed by atoms with Gasteiger partial charge >= 0.3 is 0 Å². The van der Waals surface area contributed by atoms with Crippen LogP contribution in [0.1, 0.15) is 11.7 Å². The summed E-state index contributed by atoms with van der Waals surface area (Å²) >= 11 is 0. The van der Waals surface area contributed by atoms with Crippen molar-refractivity contribution in [2.24, 2.45) is 0 Å². The summed E-state index contributed by atoms with van der Waals surface area (Å²) in [6.45, 7) is -0.678. The van der Waals surface area contributed by atoms with Crippen LogP contribution >= 0.6 is 0 Å². The third-order valence-corrected chi connectivity index (χ3v) is 1.65. The highest BCUT2D eigenvalue weighted by Gasteiger charge is 2.08. The van der Waals surface area contributed by atoms with Gasteiger partial charge in [0.15, 0.2) is 0 Å². The van der Waals surface area contributed by atoms with E-state index in [4.69, 9.17) is 4.74 Å². The lowest BCUT2D eigenvalue weighted by molar-refractivity contribution is 0.0714. The van der Waals surface area contributed by atoms with Crippen molar-refractivity contribution in [3.63, 3.8) is 0 Å². The fourth-order valence-electron chi connectivity index (χ4n) is 0.999. The smallest absolute Gasteiger partial charge is 0.148 e. The van der Waals surface area contributed by atoms with Crippen molar-refractivity contribution in [3.05, 3.63) is 35.9 Å². The molecule has 1 nitrogen and oxygen atoms in total. The number of halogens is 2. The molecule has 72 valence electrons. The van der Waals surface area contributed by atoms with Crippen molar-refractivity contribution in [3.8, 4) is 0 Å². The summed E-state index contributed by atoms with van der Waals surface area (Å²) < 4.78 is 29.6. The van der Waals surface area contributed by atoms with Gasteiger partial charge in [-0.3, -0.25) is 0 Å². The summed E-state index contributed by atoms with van der Waals surface area (Å²) in [7, 11) is 0. The van der Waals surface area contributed by atoms with Gasteiger partial charge in [0.25, 0.3) is 0 Å². The number of alkyl halides is 2. The van der Waals surface area contributed by atoms with E-state index in [9.17, 15) is 8.78 Å². The van der Waals surface area contributed by atoms with E-state index in [0.717, 1.165) is 0 Å². The van der Waals surface area contributed by atoms with Gasteiger partial charge in [-0.1, -0.05) is 30.3 Å². The van der Waals surface area contributed by atoms with E-state index in [2.05, 4.69) is 0 Å². The van der Waals surface area contributed by atoms with Gasteiger partial charge in [-0.05, 0) is 5.56 Å². The molecule has 1 aromatic rings. The van der Waals surface area contributed by atoms with Crippen LogP contribution in [0.2, 0.25) is 0 Å². The molecule has 0 bridgehead atoms. The summed E-state index contributed by atoms with van der Waals surface area (Å²) in [6.07, 6.45) is -1.16. The Bertz CT molecular complexity index is 226. The second-order valence-electron chi connectivity index (χ2n) is 2.64. The van der Waals surface area contributed by atoms with E-state index >= 15 is 0 Å². The van der Waals surface area contributed by atoms with Crippen molar-refractivity contribution >= 4 is 0 Å². The molecule has 0 aromatic heterocycles. The van der Waals surface area contributed by atoms with Crippen molar-refractivity contribution in [2.45, 2.75) is 6.17 Å². The van der Waals surface area contributed by atoms with E-state index in [1.165, 1.54) is 0 Å². The highest BCUT2D eigenvalue weighted by Crippen LogP contribution is 2.16. The zero-order valence-electron chi connectivity index (χ0n) is 7.25. The van der Waals surface area contributed by atoms with Crippen molar-refractivity contribution < 1.29 is 13.5 Å². The molecule has 0 radical (unpaired) electrons. The molecule has 0 amide bonds. The van der Waals surface area contributed by atoms with Gasteiger partial charge in [0, 0.05) is 0 Å². The maximum atomic E-state index is 13.2. The number of rotatable bonds is 5. The number of hydrogen-bond acceptors (Lipinski definition) is 1. The minimum Gasteiger partial charge on any atom is -0.375 e. The van der Waals surface area contributed by atoms with Crippen molar-refractivity contribution in [2.75, 3.05) is 19.9 Å². The average molecular weight is 186 g/mol. The zero-order valence-corrected chi connectivity index (χ0v) is 7.25. The predicted molar refractivity (Wildman–Crippen MR) is 47.1 cm³/mol. The number of benzene rings is 1. The Labute approximate surface area is 76.3 Å². The maximum Gasteiger partial charge on any atom is 0.148 e. The van der Waals surface area contributed by atoms with Crippen LogP contribution in [0.4, 0.5) is 8.78 Å². The highest BCUT2D eigenvalue weighted by molar-refractivity contribution is 5.17. The first-order valence-corrected chi connectivity index (χ1v) is 4.17. The molecule has 0 fully saturated rings. The van der Waals surface area contributed by atoms with Crippen LogP contribution in [0.5, 0.6) is 0 Å². The maximum absolute atomic E-state index is 13.2. The van der Waals surface area contributed by atoms with E-state index in [0.29, 0.717) is 5.56 Å². The van der Waals surface area contributed by atoms with Crippen LogP contribution in [0.3, 0.4) is 0 Å². The molecule has 0 spiro atoms. The third kappa shape index (κ3) is 3.51. The quantitative estimate of drug-likeness (QED) is 0.642. The molecular formula is C10H12F2O. The lowest BCUT2D eigenvalue weighted by atomic mass is 10.1. The molecule has 13 heavy (non-hydrogen) atoms. The van der Waals surface area contributed by atoms with Gasteiger partial charge in [-0.25, -0.2) is 8.78 Å². The molecule has 1 unspecified atom stereocenters. The Hall–Kier alpha value is -0.960. The van der Waals surface area contributed by atoms with Crippen molar-refractivity contribution in [1.82, 2.24) is 0 Å². The lowest BCUT2D eigenvalue weighted by Gasteiger charge is -2.07. The summed E-state index contributed by atoms with van der Waals surface area (Å²) in [5, 5.41) is 0. The van der Waals surface area contributed by atoms with Gasteiger partial charge in [0.1, 0.15) is 12.8 Å². The average Bonchev–Trinajstić information content (AvgIpc) is 2.19. The van der Waals surface area contributed by atoms with E-state index < -0.39 is 12.8 Å². The van der Waals surface area contributed by atoms with Gasteiger partial charge in [0.2, 0.25) is 0 Å². The Balaban J connectivity index is 2.35. The van der Waals surface area contributed by atoms with Crippen LogP contribution in [0.25, 0.3) is 0 Å². The predicted octanol–water partition coefficient (Wildman–Crippen LogP) is 2.68. The largest absolute Gasteiger partial charge is 0.375 e. The Morgan fingerprint density at radius 3 is 2.54 bits per heavy atom. The molecule has 1 rings (SSSR count). The third-order valence-electron chi connectivity index (χ3n) is 1.65. The summed E-state index contributed by atoms with van der Waals surface area (Å²) in [4.78, 5) is 0. The van der Waals surface area contributed by atoms with Gasteiger partial charge in [0.05, 0.1) is 13.2 Å². The van der Waals surface area contributed by atoms with Crippen LogP contribution < -0.4 is 0 Å². The van der Waals surface area contributed by atoms with Crippen LogP contribution in [-0.4, -0.2) is 19.9 Å². The highest BCUT2D eigenvalue weighted by atomic mass is 19.1. The summed E-state index contributed by atoms with van der Waals surface area (Å²) in [5.41, 5.74) is 0.571. The van der Waals surface area contributed by atoms with Crippen LogP contribution in [0, 0.1) is 0 Å². The Kier molecular flexibility index (Phi) is 4.40. The molecule has 0 heterocycles. The van der Waals surface area contributed by atoms with Crippen LogP contribution in [0.15, 0.2) is 30.3 Å². The lowest BCUT2D eigenvalue weighted by Crippen LogP contribution is -2.05. The minimum absolute atomic E-state index is 0.0345. The summed E-state index contributed by atoms with van der Waals surface area (Å²) in [6, 6.07) is 8.71. The molecule has 0 N–H and O–H groups in total. The van der Waals surface area contributed by atoms with Gasteiger partial charge in [-0.2, -0.15) is 0 Å². The second-order valence-corrected chi connectivity index (χ2v) is 2.64. The van der Waals surface area contributed by atoms with Crippen molar-refractivity contribution in [1.29, 1.82) is 0 Å². The van der Waals surface area contributed by atoms with E-state index in [-0.39, 0.29) is 13.2 Å². The molecule has 0 saturated carbocycles. The summed E-state index contributed by atoms with van der Waals surface area (Å²) in [5.74, 6) is 0. The molecule has 0 aliphatic heterocycles. The SMILES string of the molecule is FCCOCC(F)c1ccccc1. The second kappa shape index (κ2) is 5.65. The fourth-order valence-corrected chi connectivity index (χ4v) is 0.999. The molecule has 1 aromatic carbocycles. The first-order chi connectivity index (χ1) is 6.34. The number of ether oxygens (including phenoxy) is 1. The Morgan fingerprint density at radius 1 is 1.23 bits per heavy atom. The minimum atomic E-state index is -1.16. The first-order valence-electron chi connectivity index (χ1n) is 4.17. The normalized spacial score (nSPS) is 12.8. The van der Waals surface area contributed by atoms with Crippen LogP contribution in [-0.2, 0) is 4.74 Å². The fraction of sp³-hybridized carbons (Fsp3) is 0.400. The van der Waals surface area contributed by atoms with Gasteiger partial charge < -0.3 is 4.74 Å². The standard InChI is InChI=1S/C10H12F2O/c11-6-7-13-8-10(12)9-4-2-1-3-5-9/h1-5,10H,6-8H2. The zero-order chi connectivity index (χ0) is 9.52.